The Morgan fingerprint density at radius 1 is 1.43 bits per heavy atom. The number of nitrogens with zero attached hydrogens (tertiary/aromatic N) is 4. The number of aliphatic hydroxyl groups excluding tert-OH is 1. The second-order valence-corrected chi connectivity index (χ2v) is 9.65. The summed E-state index contributed by atoms with van der Waals surface area (Å²) in [7, 11) is 0. The molecule has 0 radical (unpaired) electrons. The molecule has 0 saturated carbocycles. The Labute approximate surface area is 163 Å². The first-order valence-corrected chi connectivity index (χ1v) is 10.9. The molecule has 2 aromatic rings. The van der Waals surface area contributed by atoms with Crippen LogP contribution in [-0.4, -0.2) is 61.6 Å². The Hall–Kier alpha value is -1.34. The maximum absolute atomic E-state index is 14.0. The lowest BCUT2D eigenvalue weighted by Crippen LogP contribution is -2.56. The van der Waals surface area contributed by atoms with Gasteiger partial charge in [0.25, 0.3) is 6.43 Å². The molecule has 0 bridgehead atoms. The van der Waals surface area contributed by atoms with Gasteiger partial charge in [0.15, 0.2) is 23.3 Å². The predicted molar refractivity (Wildman–Crippen MR) is 95.9 cm³/mol. The number of hydrogen-bond acceptors (Lipinski definition) is 10. The summed E-state index contributed by atoms with van der Waals surface area (Å²) in [6.07, 6.45) is -5.16. The molecule has 0 amide bonds. The van der Waals surface area contributed by atoms with Crippen LogP contribution in [0.5, 0.6) is 0 Å². The van der Waals surface area contributed by atoms with Crippen molar-refractivity contribution in [2.24, 2.45) is 0 Å². The number of nitrogens with two attached hydrogens (primary N) is 1. The number of fused-ring (bicyclic) bond motifs is 2. The molecule has 5 atom stereocenters. The maximum atomic E-state index is 14.0. The van der Waals surface area contributed by atoms with Gasteiger partial charge in [-0.15, -0.1) is 0 Å². The molecular weight excluding hydrogens is 419 g/mol. The van der Waals surface area contributed by atoms with Gasteiger partial charge in [0, 0.05) is 0 Å². The van der Waals surface area contributed by atoms with E-state index in [1.807, 2.05) is 0 Å². The molecule has 2 aliphatic rings. The molecule has 14 heteroatoms. The topological polar surface area (TPSA) is 127 Å². The Morgan fingerprint density at radius 2 is 2.18 bits per heavy atom. The van der Waals surface area contributed by atoms with Gasteiger partial charge in [0.1, 0.15) is 30.4 Å². The van der Waals surface area contributed by atoms with Gasteiger partial charge >= 0.3 is 6.72 Å². The Kier molecular flexibility index (Phi) is 4.90. The smallest absolute Gasteiger partial charge is 0.328 e. The SMILES string of the molecule is CC(C)OP1(=S)OC[C@]2(C(F)F)O[C@H](n3cnc4ncnc(N)c43)[C@@H](O)[C@@H]2O1. The van der Waals surface area contributed by atoms with Crippen molar-refractivity contribution in [1.82, 2.24) is 19.5 Å². The van der Waals surface area contributed by atoms with E-state index in [-0.39, 0.29) is 23.1 Å². The van der Waals surface area contributed by atoms with Crippen LogP contribution in [0.4, 0.5) is 14.6 Å². The van der Waals surface area contributed by atoms with Crippen LogP contribution >= 0.6 is 6.72 Å². The zero-order valence-electron chi connectivity index (χ0n) is 14.8. The number of halogens is 2. The van der Waals surface area contributed by atoms with Crippen LogP contribution in [0.1, 0.15) is 20.1 Å². The van der Waals surface area contributed by atoms with Crippen molar-refractivity contribution in [2.45, 2.75) is 50.4 Å². The minimum absolute atomic E-state index is 0.0599. The highest BCUT2D eigenvalue weighted by atomic mass is 32.5. The minimum Gasteiger partial charge on any atom is -0.386 e. The molecule has 10 nitrogen and oxygen atoms in total. The van der Waals surface area contributed by atoms with Gasteiger partial charge in [-0.25, -0.2) is 23.7 Å². The van der Waals surface area contributed by atoms with Gasteiger partial charge < -0.3 is 24.6 Å². The number of anilines is 1. The Morgan fingerprint density at radius 3 is 2.86 bits per heavy atom. The summed E-state index contributed by atoms with van der Waals surface area (Å²) in [6, 6.07) is 0. The van der Waals surface area contributed by atoms with E-state index in [1.54, 1.807) is 13.8 Å². The van der Waals surface area contributed by atoms with Gasteiger partial charge in [-0.2, -0.15) is 0 Å². The van der Waals surface area contributed by atoms with Gasteiger partial charge in [-0.05, 0) is 25.7 Å². The molecule has 28 heavy (non-hydrogen) atoms. The summed E-state index contributed by atoms with van der Waals surface area (Å²) in [4.78, 5) is 11.9. The van der Waals surface area contributed by atoms with E-state index in [1.165, 1.54) is 17.2 Å². The summed E-state index contributed by atoms with van der Waals surface area (Å²) >= 11 is 5.25. The Balaban J connectivity index is 1.74. The molecule has 4 heterocycles. The number of alkyl halides is 2. The summed E-state index contributed by atoms with van der Waals surface area (Å²) in [6.45, 7) is -0.508. The first kappa shape index (κ1) is 20.0. The van der Waals surface area contributed by atoms with Crippen LogP contribution < -0.4 is 5.73 Å². The number of aromatic nitrogens is 4. The molecule has 4 rings (SSSR count). The first-order chi connectivity index (χ1) is 13.2. The van der Waals surface area contributed by atoms with Crippen LogP contribution in [0.25, 0.3) is 11.2 Å². The lowest BCUT2D eigenvalue weighted by Gasteiger charge is -2.41. The van der Waals surface area contributed by atoms with Crippen LogP contribution in [0.2, 0.25) is 0 Å². The van der Waals surface area contributed by atoms with Crippen LogP contribution in [0.15, 0.2) is 12.7 Å². The maximum Gasteiger partial charge on any atom is 0.328 e. The van der Waals surface area contributed by atoms with Crippen molar-refractivity contribution in [3.8, 4) is 0 Å². The van der Waals surface area contributed by atoms with Gasteiger partial charge in [0.05, 0.1) is 12.7 Å². The average Bonchev–Trinajstić information content (AvgIpc) is 3.15. The van der Waals surface area contributed by atoms with E-state index >= 15 is 0 Å². The molecule has 0 aliphatic carbocycles. The fourth-order valence-corrected chi connectivity index (χ4v) is 5.86. The van der Waals surface area contributed by atoms with E-state index in [2.05, 4.69) is 15.0 Å². The zero-order chi connectivity index (χ0) is 20.3. The molecule has 2 fully saturated rings. The fraction of sp³-hybridized carbons (Fsp3) is 0.643. The van der Waals surface area contributed by atoms with E-state index in [0.717, 1.165) is 0 Å². The van der Waals surface area contributed by atoms with E-state index in [4.69, 9.17) is 35.8 Å². The quantitative estimate of drug-likeness (QED) is 0.677. The van der Waals surface area contributed by atoms with Crippen molar-refractivity contribution in [1.29, 1.82) is 0 Å². The zero-order valence-corrected chi connectivity index (χ0v) is 16.5. The van der Waals surface area contributed by atoms with Crippen molar-refractivity contribution in [3.63, 3.8) is 0 Å². The lowest BCUT2D eigenvalue weighted by atomic mass is 9.96. The van der Waals surface area contributed by atoms with E-state index in [9.17, 15) is 13.9 Å². The minimum atomic E-state index is -3.33. The number of ether oxygens (including phenoxy) is 1. The summed E-state index contributed by atoms with van der Waals surface area (Å²) in [5.74, 6) is 0.0599. The second kappa shape index (κ2) is 6.87. The lowest BCUT2D eigenvalue weighted by molar-refractivity contribution is -0.204. The standard InChI is InChI=1S/C14H18F2N5O5PS/c1-6(2)25-27(28)23-3-14(13(15)16)9(26-27)8(22)12(24-14)21-5-20-11-7(21)10(17)18-4-19-11/h4-6,8-9,12-13,22H,3H2,1-2H3,(H2,17,18,19)/t8-,9-,12-,14-,27?/m0/s1. The third-order valence-corrected chi connectivity index (χ3v) is 6.94. The van der Waals surface area contributed by atoms with Gasteiger partial charge in [-0.1, -0.05) is 0 Å². The molecule has 1 unspecified atom stereocenters. The van der Waals surface area contributed by atoms with Gasteiger partial charge in [0.2, 0.25) is 0 Å². The normalized spacial score (nSPS) is 35.8. The summed E-state index contributed by atoms with van der Waals surface area (Å²) in [5, 5.41) is 10.8. The molecule has 2 aliphatic heterocycles. The molecule has 0 aromatic carbocycles. The third-order valence-electron chi connectivity index (χ3n) is 4.49. The molecule has 154 valence electrons. The Bertz CT molecular complexity index is 948. The van der Waals surface area contributed by atoms with Crippen LogP contribution in [0.3, 0.4) is 0 Å². The largest absolute Gasteiger partial charge is 0.386 e. The highest BCUT2D eigenvalue weighted by Gasteiger charge is 2.66. The molecule has 2 saturated heterocycles. The van der Waals surface area contributed by atoms with Crippen molar-refractivity contribution >= 4 is 35.5 Å². The van der Waals surface area contributed by atoms with Crippen LogP contribution in [-0.2, 0) is 30.1 Å². The number of nitrogen functional groups attached to an aromatic ring is 1. The molecule has 0 spiro atoms. The molecular formula is C14H18F2N5O5PS. The average molecular weight is 437 g/mol. The van der Waals surface area contributed by atoms with E-state index < -0.39 is 43.8 Å². The summed E-state index contributed by atoms with van der Waals surface area (Å²) in [5.41, 5.74) is 4.11. The monoisotopic (exact) mass is 437 g/mol. The first-order valence-electron chi connectivity index (χ1n) is 8.35. The predicted octanol–water partition coefficient (Wildman–Crippen LogP) is 1.37. The van der Waals surface area contributed by atoms with Crippen LogP contribution in [0, 0.1) is 0 Å². The number of rotatable bonds is 4. The number of hydrogen-bond donors (Lipinski definition) is 2. The molecule has 3 N–H and O–H groups in total. The number of aliphatic hydroxyl groups is 1. The van der Waals surface area contributed by atoms with E-state index in [0.29, 0.717) is 0 Å². The highest BCUT2D eigenvalue weighted by Crippen LogP contribution is 2.61. The summed E-state index contributed by atoms with van der Waals surface area (Å²) < 4.78 is 51.4. The fourth-order valence-electron chi connectivity index (χ4n) is 3.28. The molecule has 2 aromatic heterocycles. The third kappa shape index (κ3) is 3.02. The van der Waals surface area contributed by atoms with Crippen molar-refractivity contribution in [2.75, 3.05) is 12.3 Å². The highest BCUT2D eigenvalue weighted by molar-refractivity contribution is 8.07. The van der Waals surface area contributed by atoms with Crippen molar-refractivity contribution in [3.05, 3.63) is 12.7 Å². The second-order valence-electron chi connectivity index (χ2n) is 6.74. The van der Waals surface area contributed by atoms with Gasteiger partial charge in [-0.3, -0.25) is 9.09 Å². The number of imidazole rings is 1. The van der Waals surface area contributed by atoms with Crippen molar-refractivity contribution < 1.29 is 32.2 Å².